The Balaban J connectivity index is 2.42. The summed E-state index contributed by atoms with van der Waals surface area (Å²) >= 11 is 21.7. The Bertz CT molecular complexity index is 1520. The van der Waals surface area contributed by atoms with E-state index < -0.39 is 23.5 Å². The van der Waals surface area contributed by atoms with Crippen molar-refractivity contribution in [3.05, 3.63) is 76.0 Å². The van der Waals surface area contributed by atoms with Crippen LogP contribution in [0, 0.1) is 28.5 Å². The van der Waals surface area contributed by atoms with Crippen LogP contribution in [0.1, 0.15) is 11.1 Å². The average Bonchev–Trinajstić information content (AvgIpc) is 2.66. The van der Waals surface area contributed by atoms with Crippen LogP contribution in [-0.4, -0.2) is 0 Å². The van der Waals surface area contributed by atoms with Crippen molar-refractivity contribution >= 4 is 70.4 Å². The van der Waals surface area contributed by atoms with Crippen molar-refractivity contribution in [2.24, 2.45) is 0 Å². The van der Waals surface area contributed by atoms with Gasteiger partial charge < -0.3 is 0 Å². The van der Waals surface area contributed by atoms with Crippen LogP contribution in [0.25, 0.3) is 21.5 Å². The summed E-state index contributed by atoms with van der Waals surface area (Å²) < 4.78 is 80.7. The molecule has 10 heteroatoms. The molecule has 0 saturated carbocycles. The van der Waals surface area contributed by atoms with Gasteiger partial charge in [-0.2, -0.15) is 26.3 Å². The van der Waals surface area contributed by atoms with E-state index in [2.05, 4.69) is 0 Å². The topological polar surface area (TPSA) is 0 Å². The number of benzene rings is 2. The molecule has 0 nitrogen and oxygen atoms in total. The van der Waals surface area contributed by atoms with Crippen molar-refractivity contribution in [1.82, 2.24) is 0 Å². The molecule has 0 aromatic heterocycles. The summed E-state index contributed by atoms with van der Waals surface area (Å²) in [6, 6.07) is 7.64. The molecule has 0 amide bonds. The fourth-order valence-electron chi connectivity index (χ4n) is 3.52. The maximum absolute atomic E-state index is 13.4. The predicted octanol–water partition coefficient (Wildman–Crippen LogP) is 8.55. The lowest BCUT2D eigenvalue weighted by Gasteiger charge is -2.17. The minimum atomic E-state index is -5.24. The highest BCUT2D eigenvalue weighted by Crippen LogP contribution is 2.43. The molecule has 0 bridgehead atoms. The molecule has 0 aliphatic heterocycles. The molecule has 0 radical (unpaired) electrons. The smallest absolute Gasteiger partial charge is 0.166 e. The Labute approximate surface area is 184 Å². The van der Waals surface area contributed by atoms with Gasteiger partial charge in [0.05, 0.1) is 29.2 Å². The minimum absolute atomic E-state index is 0.102. The monoisotopic (exact) mass is 488 g/mol. The second-order valence-electron chi connectivity index (χ2n) is 6.55. The van der Waals surface area contributed by atoms with Gasteiger partial charge in [-0.3, -0.25) is 0 Å². The van der Waals surface area contributed by atoms with Gasteiger partial charge >= 0.3 is 12.4 Å². The second kappa shape index (κ2) is 6.81. The number of alkyl halides is 6. The van der Waals surface area contributed by atoms with Crippen LogP contribution in [-0.2, 0) is 12.4 Å². The molecule has 0 unspecified atom stereocenters. The van der Waals surface area contributed by atoms with Crippen LogP contribution >= 0.6 is 48.9 Å². The van der Waals surface area contributed by atoms with Crippen molar-refractivity contribution in [3.8, 4) is 0 Å². The Hall–Kier alpha value is -1.88. The quantitative estimate of drug-likeness (QED) is 0.180. The molecule has 2 aliphatic rings. The van der Waals surface area contributed by atoms with Crippen LogP contribution in [0.2, 0.25) is 0 Å². The van der Waals surface area contributed by atoms with Gasteiger partial charge in [0.1, 0.15) is 0 Å². The Kier molecular flexibility index (Phi) is 4.85. The zero-order valence-electron chi connectivity index (χ0n) is 14.4. The number of hydrogen-bond acceptors (Lipinski definition) is 4. The fraction of sp³-hybridized carbons (Fsp3) is 0.100. The first-order valence-corrected chi connectivity index (χ1v) is 9.82. The Morgan fingerprint density at radius 2 is 0.800 bits per heavy atom. The summed E-state index contributed by atoms with van der Waals surface area (Å²) in [5, 5.41) is 1.17. The highest BCUT2D eigenvalue weighted by Gasteiger charge is 2.43. The third kappa shape index (κ3) is 3.08. The number of hydrogen-bond donors (Lipinski definition) is 0. The molecule has 0 heterocycles. The fourth-order valence-corrected chi connectivity index (χ4v) is 5.16. The molecule has 30 heavy (non-hydrogen) atoms. The van der Waals surface area contributed by atoms with E-state index in [1.54, 1.807) is 24.3 Å². The normalized spacial score (nSPS) is 12.9. The van der Waals surface area contributed by atoms with E-state index in [9.17, 15) is 26.3 Å². The van der Waals surface area contributed by atoms with Gasteiger partial charge in [0.25, 0.3) is 0 Å². The van der Waals surface area contributed by atoms with Crippen LogP contribution in [0.4, 0.5) is 26.3 Å². The van der Waals surface area contributed by atoms with Crippen molar-refractivity contribution in [2.75, 3.05) is 0 Å². The summed E-state index contributed by atoms with van der Waals surface area (Å²) in [5.41, 5.74) is -3.65. The van der Waals surface area contributed by atoms with Crippen LogP contribution in [0.3, 0.4) is 0 Å². The maximum Gasteiger partial charge on any atom is 0.417 e. The van der Waals surface area contributed by atoms with Crippen molar-refractivity contribution < 1.29 is 26.3 Å². The molecule has 2 aromatic rings. The molecule has 0 saturated heterocycles. The summed E-state index contributed by atoms with van der Waals surface area (Å²) in [7, 11) is 0. The van der Waals surface area contributed by atoms with Crippen molar-refractivity contribution in [1.29, 1.82) is 0 Å². The van der Waals surface area contributed by atoms with Gasteiger partial charge in [0.2, 0.25) is 0 Å². The first-order chi connectivity index (χ1) is 13.8. The van der Waals surface area contributed by atoms with E-state index in [1.807, 2.05) is 0 Å². The van der Waals surface area contributed by atoms with Gasteiger partial charge in [-0.05, 0) is 12.1 Å². The molecule has 4 rings (SSSR count). The number of halogens is 6. The largest absolute Gasteiger partial charge is 0.417 e. The Morgan fingerprint density at radius 3 is 1.10 bits per heavy atom. The van der Waals surface area contributed by atoms with Crippen LogP contribution in [0.5, 0.6) is 0 Å². The lowest BCUT2D eigenvalue weighted by molar-refractivity contribution is -0.161. The van der Waals surface area contributed by atoms with Crippen LogP contribution < -0.4 is 0 Å². The van der Waals surface area contributed by atoms with E-state index >= 15 is 0 Å². The third-order valence-corrected chi connectivity index (χ3v) is 6.53. The molecule has 2 aromatic carbocycles. The summed E-state index contributed by atoms with van der Waals surface area (Å²) in [4.78, 5) is 0. The lowest BCUT2D eigenvalue weighted by atomic mass is 9.97. The molecule has 152 valence electrons. The molecular weight excluding hydrogens is 482 g/mol. The first-order valence-electron chi connectivity index (χ1n) is 8.18. The van der Waals surface area contributed by atoms with E-state index in [1.165, 1.54) is 0 Å². The number of rotatable bonds is 0. The summed E-state index contributed by atoms with van der Waals surface area (Å²) in [5.74, 6) is 0. The van der Waals surface area contributed by atoms with Crippen molar-refractivity contribution in [2.45, 2.75) is 12.4 Å². The van der Waals surface area contributed by atoms with E-state index in [4.69, 9.17) is 48.9 Å². The zero-order valence-corrected chi connectivity index (χ0v) is 17.6. The standard InChI is InChI=1S/C20H6F6S4/c21-19(22,23)11-5-9-10(6-12(11)20(24,25)26)18(30)14-13(17(9)29)15(27)7-3-1-2-4-8(7)16(14)28/h1-6H. The van der Waals surface area contributed by atoms with E-state index in [-0.39, 0.29) is 39.3 Å². The zero-order chi connectivity index (χ0) is 22.2. The van der Waals surface area contributed by atoms with Gasteiger partial charge in [-0.25, -0.2) is 0 Å². The molecule has 2 aliphatic carbocycles. The average molecular weight is 489 g/mol. The molecule has 0 spiro atoms. The highest BCUT2D eigenvalue weighted by atomic mass is 32.1. The second-order valence-corrected chi connectivity index (χ2v) is 8.18. The lowest BCUT2D eigenvalue weighted by Crippen LogP contribution is -2.16. The van der Waals surface area contributed by atoms with Crippen LogP contribution in [0.15, 0.2) is 36.4 Å². The molecule has 0 N–H and O–H groups in total. The number of fused-ring (bicyclic) bond motifs is 2. The van der Waals surface area contributed by atoms with Crippen molar-refractivity contribution in [3.63, 3.8) is 0 Å². The van der Waals surface area contributed by atoms with Gasteiger partial charge in [-0.15, -0.1) is 0 Å². The van der Waals surface area contributed by atoms with Gasteiger partial charge in [0, 0.05) is 32.0 Å². The highest BCUT2D eigenvalue weighted by molar-refractivity contribution is 7.73. The first kappa shape index (κ1) is 21.4. The summed E-state index contributed by atoms with van der Waals surface area (Å²) in [6.07, 6.45) is -10.5. The Morgan fingerprint density at radius 1 is 0.500 bits per heavy atom. The van der Waals surface area contributed by atoms with E-state index in [0.717, 1.165) is 0 Å². The minimum Gasteiger partial charge on any atom is -0.166 e. The third-order valence-electron chi connectivity index (χ3n) is 4.83. The van der Waals surface area contributed by atoms with Gasteiger partial charge in [-0.1, -0.05) is 73.1 Å². The molecular formula is C20H6F6S4. The molecule has 0 fully saturated rings. The summed E-state index contributed by atoms with van der Waals surface area (Å²) in [6.45, 7) is 0. The SMILES string of the molecule is FC(F)(F)c1cc2c(=S)c3c(=S)c4ccccc4c(=S)c=3c(=S)c2cc1C(F)(F)F. The predicted molar refractivity (Wildman–Crippen MR) is 112 cm³/mol. The maximum atomic E-state index is 13.4. The molecule has 0 atom stereocenters. The van der Waals surface area contributed by atoms with E-state index in [0.29, 0.717) is 22.9 Å². The van der Waals surface area contributed by atoms with Gasteiger partial charge in [0.15, 0.2) is 0 Å².